The topological polar surface area (TPSA) is 151 Å². The van der Waals surface area contributed by atoms with Crippen LogP contribution in [0, 0.1) is 5.41 Å². The third-order valence-corrected chi connectivity index (χ3v) is 11.0. The first kappa shape index (κ1) is 25.6. The quantitative estimate of drug-likeness (QED) is 0.229. The number of amides is 2. The van der Waals surface area contributed by atoms with Crippen LogP contribution in [0.1, 0.15) is 12.6 Å². The minimum Gasteiger partial charge on any atom is -0.481 e. The average Bonchev–Trinajstić information content (AvgIpc) is 3.45. The zero-order valence-electron chi connectivity index (χ0n) is 17.6. The van der Waals surface area contributed by atoms with Crippen LogP contribution in [0.5, 0.6) is 0 Å². The van der Waals surface area contributed by atoms with Gasteiger partial charge >= 0.3 is 5.97 Å². The predicted molar refractivity (Wildman–Crippen MR) is 137 cm³/mol. The molecule has 2 aliphatic rings. The summed E-state index contributed by atoms with van der Waals surface area (Å²) in [6.45, 7) is 2.09. The van der Waals surface area contributed by atoms with Gasteiger partial charge in [-0.15, -0.1) is 33.3 Å². The van der Waals surface area contributed by atoms with Crippen LogP contribution < -0.4 is 11.1 Å². The van der Waals surface area contributed by atoms with Crippen molar-refractivity contribution in [2.24, 2.45) is 5.41 Å². The molecule has 182 valence electrons. The second-order valence-corrected chi connectivity index (χ2v) is 13.3. The van der Waals surface area contributed by atoms with Crippen LogP contribution in [-0.2, 0) is 14.4 Å². The van der Waals surface area contributed by atoms with Gasteiger partial charge in [0.2, 0.25) is 5.91 Å². The van der Waals surface area contributed by atoms with Crippen molar-refractivity contribution >= 4 is 98.0 Å². The van der Waals surface area contributed by atoms with Crippen molar-refractivity contribution in [2.45, 2.75) is 27.0 Å². The number of β-lactam (4-membered cyclic amide) rings is 1. The van der Waals surface area contributed by atoms with E-state index >= 15 is 0 Å². The van der Waals surface area contributed by atoms with Crippen molar-refractivity contribution in [3.63, 3.8) is 0 Å². The Labute approximate surface area is 220 Å². The highest BCUT2D eigenvalue weighted by Gasteiger charge is 2.57. The van der Waals surface area contributed by atoms with Gasteiger partial charge in [0.25, 0.3) is 5.91 Å². The van der Waals surface area contributed by atoms with Gasteiger partial charge in [-0.2, -0.15) is 0 Å². The summed E-state index contributed by atoms with van der Waals surface area (Å²) in [6.07, 6.45) is 0. The SMILES string of the molecule is CCSc1nnc(SCC2(C(=O)O)CS[C@@H]3C(NC(=O)C(=CCl)c4csc(N)n4)C(=O)N3C2)s1. The van der Waals surface area contributed by atoms with Gasteiger partial charge in [-0.3, -0.25) is 14.4 Å². The Morgan fingerprint density at radius 3 is 2.76 bits per heavy atom. The lowest BCUT2D eigenvalue weighted by Crippen LogP contribution is -2.74. The number of thiazole rings is 1. The van der Waals surface area contributed by atoms with E-state index in [0.29, 0.717) is 20.9 Å². The number of thioether (sulfide) groups is 3. The Balaban J connectivity index is 1.39. The number of anilines is 1. The van der Waals surface area contributed by atoms with Gasteiger partial charge in [0, 0.05) is 29.0 Å². The fourth-order valence-electron chi connectivity index (χ4n) is 3.40. The molecule has 0 saturated carbocycles. The smallest absolute Gasteiger partial charge is 0.313 e. The third kappa shape index (κ3) is 5.04. The van der Waals surface area contributed by atoms with Crippen molar-refractivity contribution in [2.75, 3.05) is 29.5 Å². The first-order valence-electron chi connectivity index (χ1n) is 9.85. The van der Waals surface area contributed by atoms with Crippen molar-refractivity contribution in [1.82, 2.24) is 25.4 Å². The van der Waals surface area contributed by atoms with E-state index < -0.39 is 23.3 Å². The molecule has 4 rings (SSSR count). The molecule has 4 heterocycles. The summed E-state index contributed by atoms with van der Waals surface area (Å²) in [5.41, 5.74) is 6.04. The molecule has 2 saturated heterocycles. The highest BCUT2D eigenvalue weighted by molar-refractivity contribution is 8.03. The fraction of sp³-hybridized carbons (Fsp3) is 0.444. The summed E-state index contributed by atoms with van der Waals surface area (Å²) in [7, 11) is 0. The Kier molecular flexibility index (Phi) is 7.99. The van der Waals surface area contributed by atoms with Gasteiger partial charge in [-0.05, 0) is 5.75 Å². The highest BCUT2D eigenvalue weighted by Crippen LogP contribution is 2.45. The number of hydrogen-bond acceptors (Lipinski definition) is 12. The van der Waals surface area contributed by atoms with Crippen molar-refractivity contribution in [1.29, 1.82) is 0 Å². The summed E-state index contributed by atoms with van der Waals surface area (Å²) >= 11 is 12.7. The second kappa shape index (κ2) is 10.6. The molecule has 2 fully saturated rings. The molecule has 3 atom stereocenters. The number of nitrogens with one attached hydrogen (secondary N) is 1. The molecule has 2 aromatic heterocycles. The number of carboxylic acid groups (broad SMARTS) is 1. The van der Waals surface area contributed by atoms with E-state index in [4.69, 9.17) is 17.3 Å². The molecule has 0 bridgehead atoms. The van der Waals surface area contributed by atoms with Gasteiger partial charge < -0.3 is 21.1 Å². The summed E-state index contributed by atoms with van der Waals surface area (Å²) in [5.74, 6) is -0.393. The van der Waals surface area contributed by atoms with Crippen LogP contribution in [0.4, 0.5) is 5.13 Å². The lowest BCUT2D eigenvalue weighted by Gasteiger charge is -2.53. The number of halogens is 1. The number of nitrogen functional groups attached to an aromatic ring is 1. The Hall–Kier alpha value is -1.52. The molecule has 0 spiro atoms. The lowest BCUT2D eigenvalue weighted by molar-refractivity contribution is -0.157. The number of carboxylic acids is 1. The molecule has 2 aromatic rings. The molecular weight excluding hydrogens is 560 g/mol. The number of hydrogen-bond donors (Lipinski definition) is 3. The van der Waals surface area contributed by atoms with E-state index in [1.54, 1.807) is 17.1 Å². The molecule has 0 radical (unpaired) electrons. The number of nitrogens with two attached hydrogens (primary N) is 1. The minimum absolute atomic E-state index is 0.0639. The highest BCUT2D eigenvalue weighted by atomic mass is 35.5. The van der Waals surface area contributed by atoms with E-state index in [0.717, 1.165) is 15.6 Å². The maximum atomic E-state index is 12.8. The third-order valence-electron chi connectivity index (χ3n) is 5.16. The number of carbonyl (C=O) groups excluding carboxylic acids is 2. The van der Waals surface area contributed by atoms with Gasteiger partial charge in [0.1, 0.15) is 16.8 Å². The van der Waals surface area contributed by atoms with Gasteiger partial charge in [0.15, 0.2) is 13.8 Å². The van der Waals surface area contributed by atoms with Crippen LogP contribution >= 0.6 is 69.6 Å². The predicted octanol–water partition coefficient (Wildman–Crippen LogP) is 2.53. The Morgan fingerprint density at radius 1 is 1.41 bits per heavy atom. The van der Waals surface area contributed by atoms with E-state index in [2.05, 4.69) is 20.5 Å². The number of fused-ring (bicyclic) bond motifs is 1. The van der Waals surface area contributed by atoms with Crippen LogP contribution in [0.15, 0.2) is 19.6 Å². The van der Waals surface area contributed by atoms with E-state index in [1.165, 1.54) is 51.1 Å². The Morgan fingerprint density at radius 2 is 2.15 bits per heavy atom. The molecule has 0 aromatic carbocycles. The van der Waals surface area contributed by atoms with Crippen LogP contribution in [-0.4, -0.2) is 78.2 Å². The molecule has 0 aliphatic carbocycles. The summed E-state index contributed by atoms with van der Waals surface area (Å²) < 4.78 is 1.54. The molecular formula is C18H19ClN6O4S5. The van der Waals surface area contributed by atoms with Gasteiger partial charge in [-0.1, -0.05) is 53.4 Å². The maximum absolute atomic E-state index is 12.8. The minimum atomic E-state index is -1.13. The largest absolute Gasteiger partial charge is 0.481 e. The standard InChI is InChI=1S/C18H19ClN6O4S5/c1-2-30-16-23-24-17(34-16)33-7-18(14(28)29)5-25-12(27)10(13(25)32-6-18)22-11(26)8(3-19)9-4-31-15(20)21-9/h3-4,10,13H,2,5-7H2,1H3,(H2,20,21)(H,22,26)(H,28,29)/t10?,13-,18?/m1/s1. The maximum Gasteiger partial charge on any atom is 0.313 e. The van der Waals surface area contributed by atoms with E-state index in [9.17, 15) is 19.5 Å². The van der Waals surface area contributed by atoms with Gasteiger partial charge in [0.05, 0.1) is 11.3 Å². The molecule has 10 nitrogen and oxygen atoms in total. The number of aliphatic carboxylic acids is 1. The molecule has 2 amide bonds. The normalized spacial score (nSPS) is 24.5. The second-order valence-electron chi connectivity index (χ2n) is 7.35. The Bertz CT molecular complexity index is 1140. The zero-order valence-corrected chi connectivity index (χ0v) is 22.4. The summed E-state index contributed by atoms with van der Waals surface area (Å²) in [5, 5.41) is 22.5. The molecule has 2 aliphatic heterocycles. The zero-order chi connectivity index (χ0) is 24.5. The summed E-state index contributed by atoms with van der Waals surface area (Å²) in [4.78, 5) is 43.3. The summed E-state index contributed by atoms with van der Waals surface area (Å²) in [6, 6.07) is -0.767. The van der Waals surface area contributed by atoms with Crippen LogP contribution in [0.3, 0.4) is 0 Å². The van der Waals surface area contributed by atoms with Crippen molar-refractivity contribution < 1.29 is 19.5 Å². The number of aromatic nitrogens is 3. The molecule has 16 heteroatoms. The molecule has 4 N–H and O–H groups in total. The lowest BCUT2D eigenvalue weighted by atomic mass is 9.89. The van der Waals surface area contributed by atoms with Crippen molar-refractivity contribution in [3.05, 3.63) is 16.6 Å². The number of carbonyl (C=O) groups is 3. The fourth-order valence-corrected chi connectivity index (χ4v) is 8.95. The molecule has 2 unspecified atom stereocenters. The van der Waals surface area contributed by atoms with Crippen LogP contribution in [0.25, 0.3) is 5.57 Å². The molecule has 34 heavy (non-hydrogen) atoms. The van der Waals surface area contributed by atoms with E-state index in [-0.39, 0.29) is 29.2 Å². The number of rotatable bonds is 9. The van der Waals surface area contributed by atoms with Crippen molar-refractivity contribution in [3.8, 4) is 0 Å². The average molecular weight is 579 g/mol. The van der Waals surface area contributed by atoms with Crippen LogP contribution in [0.2, 0.25) is 0 Å². The van der Waals surface area contributed by atoms with E-state index in [1.807, 2.05) is 6.92 Å². The number of nitrogens with zero attached hydrogens (tertiary/aromatic N) is 4. The first-order valence-corrected chi connectivity index (χ1v) is 15.0. The monoisotopic (exact) mass is 578 g/mol. The first-order chi connectivity index (χ1) is 16.3. The van der Waals surface area contributed by atoms with Gasteiger partial charge in [-0.25, -0.2) is 4.98 Å².